The predicted molar refractivity (Wildman–Crippen MR) is 96.1 cm³/mol. The van der Waals surface area contributed by atoms with E-state index in [4.69, 9.17) is 4.74 Å². The fraction of sp³-hybridized carbons (Fsp3) is 0.211. The van der Waals surface area contributed by atoms with Gasteiger partial charge in [-0.1, -0.05) is 12.1 Å². The zero-order valence-corrected chi connectivity index (χ0v) is 14.8. The molecule has 0 amide bonds. The van der Waals surface area contributed by atoms with Gasteiger partial charge < -0.3 is 10.1 Å². The monoisotopic (exact) mass is 378 g/mol. The maximum atomic E-state index is 12.5. The predicted octanol–water partition coefficient (Wildman–Crippen LogP) is 5.13. The summed E-state index contributed by atoms with van der Waals surface area (Å²) in [7, 11) is 1.63. The maximum Gasteiger partial charge on any atom is 0.416 e. The standard InChI is InChI=1S/C19H17F3N2OS/c1-25-16-8-4-14(5-9-16)17-11-24-18(26-17)12-23-10-13-2-6-15(7-3-13)19(20,21)22/h2-9,11,23H,10,12H2,1H3. The first kappa shape index (κ1) is 18.4. The van der Waals surface area contributed by atoms with Crippen molar-refractivity contribution in [2.75, 3.05) is 7.11 Å². The Bertz CT molecular complexity index is 842. The first-order valence-electron chi connectivity index (χ1n) is 7.91. The molecule has 3 aromatic rings. The lowest BCUT2D eigenvalue weighted by atomic mass is 10.1. The summed E-state index contributed by atoms with van der Waals surface area (Å²) in [6.45, 7) is 1.04. The Morgan fingerprint density at radius 2 is 1.69 bits per heavy atom. The Morgan fingerprint density at radius 3 is 2.31 bits per heavy atom. The highest BCUT2D eigenvalue weighted by Crippen LogP contribution is 2.29. The second-order valence-electron chi connectivity index (χ2n) is 5.64. The van der Waals surface area contributed by atoms with E-state index in [1.807, 2.05) is 30.5 Å². The highest BCUT2D eigenvalue weighted by molar-refractivity contribution is 7.15. The lowest BCUT2D eigenvalue weighted by Gasteiger charge is -2.08. The second-order valence-corrected chi connectivity index (χ2v) is 6.76. The van der Waals surface area contributed by atoms with Gasteiger partial charge in [-0.15, -0.1) is 11.3 Å². The molecule has 0 aliphatic heterocycles. The molecule has 0 saturated heterocycles. The number of rotatable bonds is 6. The van der Waals surface area contributed by atoms with Crippen molar-refractivity contribution < 1.29 is 17.9 Å². The highest BCUT2D eigenvalue weighted by atomic mass is 32.1. The fourth-order valence-corrected chi connectivity index (χ4v) is 3.30. The number of thiazole rings is 1. The van der Waals surface area contributed by atoms with Gasteiger partial charge in [0.25, 0.3) is 0 Å². The number of hydrogen-bond donors (Lipinski definition) is 1. The van der Waals surface area contributed by atoms with Gasteiger partial charge in [-0.05, 0) is 47.5 Å². The van der Waals surface area contributed by atoms with Crippen molar-refractivity contribution >= 4 is 11.3 Å². The van der Waals surface area contributed by atoms with E-state index in [0.717, 1.165) is 38.9 Å². The van der Waals surface area contributed by atoms with Crippen molar-refractivity contribution in [3.05, 3.63) is 70.9 Å². The summed E-state index contributed by atoms with van der Waals surface area (Å²) in [4.78, 5) is 5.44. The summed E-state index contributed by atoms with van der Waals surface area (Å²) in [5.41, 5.74) is 1.23. The van der Waals surface area contributed by atoms with Crippen molar-refractivity contribution in [2.45, 2.75) is 19.3 Å². The summed E-state index contributed by atoms with van der Waals surface area (Å²) in [6, 6.07) is 12.9. The van der Waals surface area contributed by atoms with Crippen molar-refractivity contribution in [3.8, 4) is 16.2 Å². The number of halogens is 3. The van der Waals surface area contributed by atoms with Crippen LogP contribution < -0.4 is 10.1 Å². The van der Waals surface area contributed by atoms with Crippen LogP contribution in [0.3, 0.4) is 0 Å². The first-order valence-corrected chi connectivity index (χ1v) is 8.73. The molecule has 3 nitrogen and oxygen atoms in total. The smallest absolute Gasteiger partial charge is 0.416 e. The van der Waals surface area contributed by atoms with Crippen LogP contribution in [0.5, 0.6) is 5.75 Å². The van der Waals surface area contributed by atoms with Gasteiger partial charge in [0.1, 0.15) is 10.8 Å². The van der Waals surface area contributed by atoms with Gasteiger partial charge in [0.05, 0.1) is 17.6 Å². The van der Waals surface area contributed by atoms with Crippen LogP contribution in [0.4, 0.5) is 13.2 Å². The Hall–Kier alpha value is -2.38. The van der Waals surface area contributed by atoms with Gasteiger partial charge in [-0.2, -0.15) is 13.2 Å². The molecule has 0 aliphatic carbocycles. The van der Waals surface area contributed by atoms with E-state index in [2.05, 4.69) is 10.3 Å². The quantitative estimate of drug-likeness (QED) is 0.646. The van der Waals surface area contributed by atoms with E-state index in [9.17, 15) is 13.2 Å². The maximum absolute atomic E-state index is 12.5. The Kier molecular flexibility index (Phi) is 5.58. The average molecular weight is 378 g/mol. The van der Waals surface area contributed by atoms with E-state index in [0.29, 0.717) is 13.1 Å². The third-order valence-corrected chi connectivity index (χ3v) is 4.86. The molecule has 7 heteroatoms. The van der Waals surface area contributed by atoms with Crippen LogP contribution in [0, 0.1) is 0 Å². The molecule has 0 atom stereocenters. The normalized spacial score (nSPS) is 11.5. The van der Waals surface area contributed by atoms with E-state index in [1.54, 1.807) is 18.4 Å². The summed E-state index contributed by atoms with van der Waals surface area (Å²) < 4.78 is 42.8. The highest BCUT2D eigenvalue weighted by Gasteiger charge is 2.29. The Balaban J connectivity index is 1.55. The fourth-order valence-electron chi connectivity index (χ4n) is 2.41. The summed E-state index contributed by atoms with van der Waals surface area (Å²) in [6.07, 6.45) is -2.48. The molecule has 0 aliphatic rings. The molecule has 0 bridgehead atoms. The van der Waals surface area contributed by atoms with Crippen LogP contribution >= 0.6 is 11.3 Å². The number of nitrogens with one attached hydrogen (secondary N) is 1. The van der Waals surface area contributed by atoms with Gasteiger partial charge in [0, 0.05) is 19.3 Å². The minimum atomic E-state index is -4.30. The Labute approximate surface area is 153 Å². The number of nitrogens with zero attached hydrogens (tertiary/aromatic N) is 1. The van der Waals surface area contributed by atoms with Gasteiger partial charge >= 0.3 is 6.18 Å². The topological polar surface area (TPSA) is 34.1 Å². The third kappa shape index (κ3) is 4.62. The largest absolute Gasteiger partial charge is 0.497 e. The summed E-state index contributed by atoms with van der Waals surface area (Å²) >= 11 is 1.58. The number of benzene rings is 2. The second kappa shape index (κ2) is 7.88. The van der Waals surface area contributed by atoms with Crippen LogP contribution in [0.15, 0.2) is 54.7 Å². The molecule has 0 radical (unpaired) electrons. The molecule has 3 rings (SSSR count). The van der Waals surface area contributed by atoms with E-state index in [-0.39, 0.29) is 0 Å². The molecular formula is C19H17F3N2OS. The molecule has 0 spiro atoms. The van der Waals surface area contributed by atoms with Crippen LogP contribution in [-0.4, -0.2) is 12.1 Å². The number of methoxy groups -OCH3 is 1. The summed E-state index contributed by atoms with van der Waals surface area (Å²) in [5, 5.41) is 4.13. The lowest BCUT2D eigenvalue weighted by Crippen LogP contribution is -2.12. The van der Waals surface area contributed by atoms with Gasteiger partial charge in [-0.25, -0.2) is 4.98 Å². The molecule has 136 valence electrons. The number of ether oxygens (including phenoxy) is 1. The van der Waals surface area contributed by atoms with E-state index in [1.165, 1.54) is 12.1 Å². The van der Waals surface area contributed by atoms with Gasteiger partial charge in [0.2, 0.25) is 0 Å². The van der Waals surface area contributed by atoms with Crippen LogP contribution in [0.2, 0.25) is 0 Å². The van der Waals surface area contributed by atoms with Crippen molar-refractivity contribution in [1.29, 1.82) is 0 Å². The number of aromatic nitrogens is 1. The molecule has 1 aromatic heterocycles. The van der Waals surface area contributed by atoms with Crippen LogP contribution in [0.25, 0.3) is 10.4 Å². The third-order valence-electron chi connectivity index (χ3n) is 3.81. The van der Waals surface area contributed by atoms with E-state index >= 15 is 0 Å². The molecule has 1 N–H and O–H groups in total. The number of hydrogen-bond acceptors (Lipinski definition) is 4. The van der Waals surface area contributed by atoms with Crippen molar-refractivity contribution in [3.63, 3.8) is 0 Å². The lowest BCUT2D eigenvalue weighted by molar-refractivity contribution is -0.137. The SMILES string of the molecule is COc1ccc(-c2cnc(CNCc3ccc(C(F)(F)F)cc3)s2)cc1. The molecule has 0 unspecified atom stereocenters. The molecule has 26 heavy (non-hydrogen) atoms. The Morgan fingerprint density at radius 1 is 1.00 bits per heavy atom. The first-order chi connectivity index (χ1) is 12.5. The van der Waals surface area contributed by atoms with Crippen molar-refractivity contribution in [1.82, 2.24) is 10.3 Å². The zero-order valence-electron chi connectivity index (χ0n) is 14.0. The summed E-state index contributed by atoms with van der Waals surface area (Å²) in [5.74, 6) is 0.802. The van der Waals surface area contributed by atoms with Crippen LogP contribution in [0.1, 0.15) is 16.1 Å². The average Bonchev–Trinajstić information content (AvgIpc) is 3.10. The van der Waals surface area contributed by atoms with Gasteiger partial charge in [0.15, 0.2) is 0 Å². The number of alkyl halides is 3. The van der Waals surface area contributed by atoms with Crippen LogP contribution in [-0.2, 0) is 19.3 Å². The molecule has 0 fully saturated rings. The molecule has 0 saturated carbocycles. The van der Waals surface area contributed by atoms with E-state index < -0.39 is 11.7 Å². The molecular weight excluding hydrogens is 361 g/mol. The zero-order chi connectivity index (χ0) is 18.6. The minimum absolute atomic E-state index is 0.482. The van der Waals surface area contributed by atoms with Crippen molar-refractivity contribution in [2.24, 2.45) is 0 Å². The van der Waals surface area contributed by atoms with Gasteiger partial charge in [-0.3, -0.25) is 0 Å². The molecule has 2 aromatic carbocycles. The minimum Gasteiger partial charge on any atom is -0.497 e. The molecule has 1 heterocycles.